The van der Waals surface area contributed by atoms with Gasteiger partial charge < -0.3 is 15.2 Å². The van der Waals surface area contributed by atoms with Gasteiger partial charge in [0.1, 0.15) is 0 Å². The molecule has 9 heteroatoms. The molecule has 1 aliphatic rings. The van der Waals surface area contributed by atoms with Crippen LogP contribution in [-0.2, 0) is 16.6 Å². The van der Waals surface area contributed by atoms with Crippen LogP contribution in [0.15, 0.2) is 41.8 Å². The third-order valence-corrected chi connectivity index (χ3v) is 6.90. The Bertz CT molecular complexity index is 920. The van der Waals surface area contributed by atoms with Gasteiger partial charge in [-0.15, -0.1) is 0 Å². The quantitative estimate of drug-likeness (QED) is 0.608. The Morgan fingerprint density at radius 1 is 1.24 bits per heavy atom. The Labute approximate surface area is 172 Å². The van der Waals surface area contributed by atoms with Crippen LogP contribution in [0.25, 0.3) is 0 Å². The van der Waals surface area contributed by atoms with E-state index >= 15 is 0 Å². The molecular formula is C20H29N5O3S. The lowest BCUT2D eigenvalue weighted by Crippen LogP contribution is -2.27. The summed E-state index contributed by atoms with van der Waals surface area (Å²) in [5, 5.41) is 6.28. The summed E-state index contributed by atoms with van der Waals surface area (Å²) in [4.78, 5) is 16.8. The minimum absolute atomic E-state index is 0.120. The van der Waals surface area contributed by atoms with Crippen LogP contribution in [-0.4, -0.2) is 54.9 Å². The number of anilines is 1. The van der Waals surface area contributed by atoms with E-state index in [9.17, 15) is 13.2 Å². The molecule has 0 bridgehead atoms. The van der Waals surface area contributed by atoms with Crippen molar-refractivity contribution in [1.82, 2.24) is 19.2 Å². The Morgan fingerprint density at radius 3 is 2.66 bits per heavy atom. The van der Waals surface area contributed by atoms with Gasteiger partial charge in [0, 0.05) is 56.9 Å². The van der Waals surface area contributed by atoms with Crippen LogP contribution in [0.1, 0.15) is 42.5 Å². The second kappa shape index (κ2) is 9.41. The molecule has 158 valence electrons. The second-order valence-electron chi connectivity index (χ2n) is 7.57. The van der Waals surface area contributed by atoms with Crippen molar-refractivity contribution in [2.45, 2.75) is 49.6 Å². The fourth-order valence-electron chi connectivity index (χ4n) is 3.46. The molecule has 1 aliphatic carbocycles. The molecule has 29 heavy (non-hydrogen) atoms. The van der Waals surface area contributed by atoms with Crippen LogP contribution in [0.2, 0.25) is 0 Å². The highest BCUT2D eigenvalue weighted by atomic mass is 32.2. The van der Waals surface area contributed by atoms with Gasteiger partial charge in [0.15, 0.2) is 0 Å². The first-order valence-electron chi connectivity index (χ1n) is 9.94. The Balaban J connectivity index is 1.73. The summed E-state index contributed by atoms with van der Waals surface area (Å²) in [6, 6.07) is 5.11. The molecule has 2 aromatic rings. The minimum atomic E-state index is -3.64. The molecule has 1 heterocycles. The maximum absolute atomic E-state index is 12.7. The summed E-state index contributed by atoms with van der Waals surface area (Å²) < 4.78 is 28.4. The predicted octanol–water partition coefficient (Wildman–Crippen LogP) is 2.31. The number of nitrogens with one attached hydrogen (secondary N) is 2. The maximum Gasteiger partial charge on any atom is 0.251 e. The van der Waals surface area contributed by atoms with Gasteiger partial charge in [-0.3, -0.25) is 4.79 Å². The molecule has 0 saturated heterocycles. The van der Waals surface area contributed by atoms with E-state index in [-0.39, 0.29) is 10.8 Å². The first kappa shape index (κ1) is 21.3. The average molecular weight is 420 g/mol. The molecule has 3 rings (SSSR count). The summed E-state index contributed by atoms with van der Waals surface area (Å²) in [5.41, 5.74) is 1.01. The molecule has 0 aliphatic heterocycles. The number of carbonyl (C=O) groups is 1. The summed E-state index contributed by atoms with van der Waals surface area (Å²) in [6.07, 6.45) is 10.5. The second-order valence-corrected chi connectivity index (χ2v) is 9.72. The molecule has 0 spiro atoms. The van der Waals surface area contributed by atoms with E-state index < -0.39 is 10.0 Å². The van der Waals surface area contributed by atoms with Gasteiger partial charge in [-0.1, -0.05) is 12.8 Å². The molecule has 0 atom stereocenters. The zero-order chi connectivity index (χ0) is 20.9. The first-order chi connectivity index (χ1) is 13.9. The zero-order valence-electron chi connectivity index (χ0n) is 17.0. The van der Waals surface area contributed by atoms with E-state index in [1.54, 1.807) is 24.7 Å². The number of hydrogen-bond donors (Lipinski definition) is 2. The monoisotopic (exact) mass is 419 g/mol. The highest BCUT2D eigenvalue weighted by Crippen LogP contribution is 2.26. The van der Waals surface area contributed by atoms with Crippen LogP contribution in [0, 0.1) is 0 Å². The zero-order valence-corrected chi connectivity index (χ0v) is 17.8. The summed E-state index contributed by atoms with van der Waals surface area (Å²) in [6.45, 7) is 1.25. The van der Waals surface area contributed by atoms with Crippen molar-refractivity contribution < 1.29 is 13.2 Å². The maximum atomic E-state index is 12.7. The number of aryl methyl sites for hydroxylation is 1. The third kappa shape index (κ3) is 5.57. The van der Waals surface area contributed by atoms with E-state index in [1.165, 1.54) is 20.2 Å². The van der Waals surface area contributed by atoms with Crippen molar-refractivity contribution in [3.8, 4) is 0 Å². The molecule has 2 N–H and O–H groups in total. The number of amides is 1. The fourth-order valence-corrected chi connectivity index (χ4v) is 4.44. The standard InChI is InChI=1S/C20H29N5O3S/c1-24(2)29(27,28)19-13-16(12-18(14-19)23-17-6-3-4-7-17)20(26)22-8-5-10-25-11-9-21-15-25/h9,11-15,17,23H,3-8,10H2,1-2H3,(H,22,26). The van der Waals surface area contributed by atoms with Gasteiger partial charge in [-0.05, 0) is 37.5 Å². The third-order valence-electron chi connectivity index (χ3n) is 5.11. The van der Waals surface area contributed by atoms with Crippen molar-refractivity contribution in [3.05, 3.63) is 42.5 Å². The van der Waals surface area contributed by atoms with E-state index in [1.807, 2.05) is 10.8 Å². The Kier molecular flexibility index (Phi) is 6.92. The summed E-state index contributed by atoms with van der Waals surface area (Å²) in [5.74, 6) is -0.277. The summed E-state index contributed by atoms with van der Waals surface area (Å²) >= 11 is 0. The van der Waals surface area contributed by atoms with Crippen LogP contribution in [0.4, 0.5) is 5.69 Å². The van der Waals surface area contributed by atoms with Crippen LogP contribution >= 0.6 is 0 Å². The van der Waals surface area contributed by atoms with Gasteiger partial charge in [0.05, 0.1) is 11.2 Å². The SMILES string of the molecule is CN(C)S(=O)(=O)c1cc(NC2CCCC2)cc(C(=O)NCCCn2ccnc2)c1. The highest BCUT2D eigenvalue weighted by molar-refractivity contribution is 7.89. The van der Waals surface area contributed by atoms with E-state index in [4.69, 9.17) is 0 Å². The normalized spacial score (nSPS) is 15.0. The predicted molar refractivity (Wildman–Crippen MR) is 112 cm³/mol. The van der Waals surface area contributed by atoms with Crippen LogP contribution < -0.4 is 10.6 Å². The van der Waals surface area contributed by atoms with E-state index in [2.05, 4.69) is 15.6 Å². The molecule has 1 aromatic carbocycles. The smallest absolute Gasteiger partial charge is 0.251 e. The number of benzene rings is 1. The van der Waals surface area contributed by atoms with Crippen molar-refractivity contribution in [1.29, 1.82) is 0 Å². The molecule has 1 saturated carbocycles. The van der Waals surface area contributed by atoms with E-state index in [0.717, 1.165) is 43.0 Å². The lowest BCUT2D eigenvalue weighted by atomic mass is 10.1. The molecular weight excluding hydrogens is 390 g/mol. The lowest BCUT2D eigenvalue weighted by Gasteiger charge is -2.18. The van der Waals surface area contributed by atoms with Gasteiger partial charge in [-0.2, -0.15) is 0 Å². The fraction of sp³-hybridized carbons (Fsp3) is 0.500. The van der Waals surface area contributed by atoms with Crippen molar-refractivity contribution in [2.75, 3.05) is 26.0 Å². The van der Waals surface area contributed by atoms with Crippen LogP contribution in [0.3, 0.4) is 0 Å². The number of carbonyl (C=O) groups excluding carboxylic acids is 1. The van der Waals surface area contributed by atoms with Gasteiger partial charge in [0.25, 0.3) is 5.91 Å². The Morgan fingerprint density at radius 2 is 2.00 bits per heavy atom. The number of sulfonamides is 1. The Hall–Kier alpha value is -2.39. The average Bonchev–Trinajstić information content (AvgIpc) is 3.38. The van der Waals surface area contributed by atoms with Gasteiger partial charge in [-0.25, -0.2) is 17.7 Å². The lowest BCUT2D eigenvalue weighted by molar-refractivity contribution is 0.0952. The van der Waals surface area contributed by atoms with Gasteiger partial charge in [0.2, 0.25) is 10.0 Å². The number of aromatic nitrogens is 2. The van der Waals surface area contributed by atoms with E-state index in [0.29, 0.717) is 23.8 Å². The van der Waals surface area contributed by atoms with Crippen molar-refractivity contribution in [2.24, 2.45) is 0 Å². The topological polar surface area (TPSA) is 96.3 Å². The number of nitrogens with zero attached hydrogens (tertiary/aromatic N) is 3. The molecule has 8 nitrogen and oxygen atoms in total. The minimum Gasteiger partial charge on any atom is -0.382 e. The molecule has 0 radical (unpaired) electrons. The van der Waals surface area contributed by atoms with Gasteiger partial charge >= 0.3 is 0 Å². The van der Waals surface area contributed by atoms with Crippen molar-refractivity contribution in [3.63, 3.8) is 0 Å². The largest absolute Gasteiger partial charge is 0.382 e. The van der Waals surface area contributed by atoms with Crippen LogP contribution in [0.5, 0.6) is 0 Å². The summed E-state index contributed by atoms with van der Waals surface area (Å²) in [7, 11) is -0.664. The number of rotatable bonds is 9. The molecule has 1 amide bonds. The highest BCUT2D eigenvalue weighted by Gasteiger charge is 2.22. The first-order valence-corrected chi connectivity index (χ1v) is 11.4. The molecule has 0 unspecified atom stereocenters. The number of imidazole rings is 1. The molecule has 1 aromatic heterocycles. The molecule has 1 fully saturated rings. The van der Waals surface area contributed by atoms with Crippen molar-refractivity contribution >= 4 is 21.6 Å². The number of hydrogen-bond acceptors (Lipinski definition) is 5.